The predicted octanol–water partition coefficient (Wildman–Crippen LogP) is 0.0458. The second kappa shape index (κ2) is 9.04. The molecule has 156 valence electrons. The lowest BCUT2D eigenvalue weighted by Gasteiger charge is -2.37. The summed E-state index contributed by atoms with van der Waals surface area (Å²) in [5, 5.41) is 13.3. The standard InChI is InChI=1S/C20H28N6O2S/c27-18(22-10-13-2-1-7-21-9-13)6-5-16-11-23-19(28)17-8-15(12-26(16)17)25-20(29)24-14-3-4-14/h1-2,7,9,14-17H,3-6,8,10-12H2,(H,22,27)(H,23,28)(H2,24,25,29). The van der Waals surface area contributed by atoms with Crippen molar-refractivity contribution in [2.45, 2.75) is 62.8 Å². The number of piperazine rings is 1. The maximum atomic E-state index is 12.3. The summed E-state index contributed by atoms with van der Waals surface area (Å²) in [6, 6.07) is 4.49. The number of thiocarbonyl (C=S) groups is 1. The van der Waals surface area contributed by atoms with Crippen LogP contribution in [0.5, 0.6) is 0 Å². The van der Waals surface area contributed by atoms with Crippen molar-refractivity contribution in [1.29, 1.82) is 0 Å². The van der Waals surface area contributed by atoms with Crippen LogP contribution in [0.4, 0.5) is 0 Å². The first-order valence-corrected chi connectivity index (χ1v) is 10.8. The number of carbonyl (C=O) groups excluding carboxylic acids is 2. The van der Waals surface area contributed by atoms with E-state index in [0.29, 0.717) is 37.1 Å². The van der Waals surface area contributed by atoms with Gasteiger partial charge < -0.3 is 21.3 Å². The van der Waals surface area contributed by atoms with Gasteiger partial charge in [-0.3, -0.25) is 19.5 Å². The topological polar surface area (TPSA) is 98.4 Å². The average Bonchev–Trinajstić information content (AvgIpc) is 3.42. The van der Waals surface area contributed by atoms with E-state index in [1.807, 2.05) is 12.1 Å². The SMILES string of the molecule is O=C(CCC1CNC(=O)C2CC(NC(=S)NC3CC3)CN12)NCc1cccnc1. The Kier molecular flexibility index (Phi) is 6.25. The van der Waals surface area contributed by atoms with E-state index in [4.69, 9.17) is 12.2 Å². The van der Waals surface area contributed by atoms with Crippen LogP contribution < -0.4 is 21.3 Å². The van der Waals surface area contributed by atoms with Gasteiger partial charge in [-0.2, -0.15) is 0 Å². The van der Waals surface area contributed by atoms with Crippen molar-refractivity contribution >= 4 is 29.1 Å². The number of aromatic nitrogens is 1. The van der Waals surface area contributed by atoms with Gasteiger partial charge in [0.2, 0.25) is 11.8 Å². The number of carbonyl (C=O) groups is 2. The lowest BCUT2D eigenvalue weighted by Crippen LogP contribution is -2.58. The molecule has 8 nitrogen and oxygen atoms in total. The summed E-state index contributed by atoms with van der Waals surface area (Å²) in [5.41, 5.74) is 0.982. The Hall–Kier alpha value is -2.26. The highest BCUT2D eigenvalue weighted by Gasteiger charge is 2.43. The summed E-state index contributed by atoms with van der Waals surface area (Å²) < 4.78 is 0. The van der Waals surface area contributed by atoms with E-state index in [2.05, 4.69) is 31.2 Å². The molecule has 3 aliphatic rings. The summed E-state index contributed by atoms with van der Waals surface area (Å²) in [6.07, 6.45) is 7.70. The Morgan fingerprint density at radius 3 is 2.90 bits per heavy atom. The number of rotatable bonds is 7. The minimum Gasteiger partial charge on any atom is -0.360 e. The molecule has 1 aromatic rings. The molecule has 3 heterocycles. The van der Waals surface area contributed by atoms with Crippen molar-refractivity contribution in [1.82, 2.24) is 31.2 Å². The summed E-state index contributed by atoms with van der Waals surface area (Å²) in [7, 11) is 0. The highest BCUT2D eigenvalue weighted by Crippen LogP contribution is 2.26. The summed E-state index contributed by atoms with van der Waals surface area (Å²) in [5.74, 6) is 0.0960. The lowest BCUT2D eigenvalue weighted by molar-refractivity contribution is -0.129. The van der Waals surface area contributed by atoms with Gasteiger partial charge in [-0.25, -0.2) is 0 Å². The smallest absolute Gasteiger partial charge is 0.237 e. The van der Waals surface area contributed by atoms with Gasteiger partial charge in [0.25, 0.3) is 0 Å². The summed E-state index contributed by atoms with van der Waals surface area (Å²) in [6.45, 7) is 1.84. The van der Waals surface area contributed by atoms with Crippen molar-refractivity contribution in [3.8, 4) is 0 Å². The van der Waals surface area contributed by atoms with E-state index in [1.165, 1.54) is 12.8 Å². The Bertz CT molecular complexity index is 757. The maximum Gasteiger partial charge on any atom is 0.237 e. The zero-order valence-corrected chi connectivity index (χ0v) is 17.2. The van der Waals surface area contributed by atoms with Crippen LogP contribution in [-0.2, 0) is 16.1 Å². The van der Waals surface area contributed by atoms with Crippen LogP contribution in [0, 0.1) is 0 Å². The highest BCUT2D eigenvalue weighted by molar-refractivity contribution is 7.80. The van der Waals surface area contributed by atoms with Crippen molar-refractivity contribution in [3.63, 3.8) is 0 Å². The van der Waals surface area contributed by atoms with Gasteiger partial charge in [0.05, 0.1) is 6.04 Å². The third kappa shape index (κ3) is 5.42. The zero-order valence-electron chi connectivity index (χ0n) is 16.4. The normalized spacial score (nSPS) is 26.3. The predicted molar refractivity (Wildman–Crippen MR) is 113 cm³/mol. The molecule has 2 aliphatic heterocycles. The molecule has 3 atom stereocenters. The van der Waals surface area contributed by atoms with Crippen LogP contribution in [-0.4, -0.2) is 64.1 Å². The average molecular weight is 417 g/mol. The molecule has 4 N–H and O–H groups in total. The third-order valence-electron chi connectivity index (χ3n) is 5.79. The number of fused-ring (bicyclic) bond motifs is 1. The van der Waals surface area contributed by atoms with Crippen molar-refractivity contribution in [2.24, 2.45) is 0 Å². The minimum atomic E-state index is -0.145. The van der Waals surface area contributed by atoms with E-state index in [9.17, 15) is 9.59 Å². The molecule has 4 rings (SSSR count). The van der Waals surface area contributed by atoms with Gasteiger partial charge in [0, 0.05) is 56.6 Å². The van der Waals surface area contributed by atoms with Crippen LogP contribution in [0.3, 0.4) is 0 Å². The number of nitrogens with one attached hydrogen (secondary N) is 4. The van der Waals surface area contributed by atoms with Gasteiger partial charge in [0.15, 0.2) is 5.11 Å². The molecule has 1 aromatic heterocycles. The second-order valence-electron chi connectivity index (χ2n) is 8.11. The molecule has 2 saturated heterocycles. The van der Waals surface area contributed by atoms with E-state index in [0.717, 1.165) is 18.5 Å². The van der Waals surface area contributed by atoms with Crippen LogP contribution >= 0.6 is 12.2 Å². The monoisotopic (exact) mass is 416 g/mol. The van der Waals surface area contributed by atoms with E-state index in [1.54, 1.807) is 12.4 Å². The fraction of sp³-hybridized carbons (Fsp3) is 0.600. The molecule has 0 spiro atoms. The Morgan fingerprint density at radius 1 is 1.31 bits per heavy atom. The van der Waals surface area contributed by atoms with Gasteiger partial charge >= 0.3 is 0 Å². The molecule has 3 unspecified atom stereocenters. The van der Waals surface area contributed by atoms with Gasteiger partial charge in [0.1, 0.15) is 0 Å². The highest BCUT2D eigenvalue weighted by atomic mass is 32.1. The lowest BCUT2D eigenvalue weighted by atomic mass is 10.0. The molecule has 29 heavy (non-hydrogen) atoms. The largest absolute Gasteiger partial charge is 0.360 e. The molecule has 1 aliphatic carbocycles. The molecule has 9 heteroatoms. The molecule has 2 amide bonds. The quantitative estimate of drug-likeness (QED) is 0.466. The van der Waals surface area contributed by atoms with Crippen molar-refractivity contribution in [2.75, 3.05) is 13.1 Å². The molecule has 0 bridgehead atoms. The number of nitrogens with zero attached hydrogens (tertiary/aromatic N) is 2. The molecule has 0 aromatic carbocycles. The van der Waals surface area contributed by atoms with E-state index >= 15 is 0 Å². The first-order chi connectivity index (χ1) is 14.1. The molecule has 3 fully saturated rings. The van der Waals surface area contributed by atoms with Gasteiger partial charge in [-0.15, -0.1) is 0 Å². The Morgan fingerprint density at radius 2 is 2.14 bits per heavy atom. The second-order valence-corrected chi connectivity index (χ2v) is 8.52. The molecule has 1 saturated carbocycles. The third-order valence-corrected chi connectivity index (χ3v) is 6.02. The molecular formula is C20H28N6O2S. The summed E-state index contributed by atoms with van der Waals surface area (Å²) in [4.78, 5) is 30.9. The first kappa shape index (κ1) is 20.0. The Balaban J connectivity index is 1.24. The van der Waals surface area contributed by atoms with Crippen LogP contribution in [0.2, 0.25) is 0 Å². The maximum absolute atomic E-state index is 12.3. The first-order valence-electron chi connectivity index (χ1n) is 10.3. The van der Waals surface area contributed by atoms with Crippen molar-refractivity contribution < 1.29 is 9.59 Å². The molecular weight excluding hydrogens is 388 g/mol. The number of amides is 2. The van der Waals surface area contributed by atoms with Crippen LogP contribution in [0.15, 0.2) is 24.5 Å². The van der Waals surface area contributed by atoms with Gasteiger partial charge in [-0.05, 0) is 49.5 Å². The van der Waals surface area contributed by atoms with E-state index < -0.39 is 0 Å². The zero-order chi connectivity index (χ0) is 20.2. The number of pyridine rings is 1. The number of hydrogen-bond acceptors (Lipinski definition) is 5. The van der Waals surface area contributed by atoms with Crippen molar-refractivity contribution in [3.05, 3.63) is 30.1 Å². The fourth-order valence-electron chi connectivity index (χ4n) is 4.08. The Labute approximate surface area is 176 Å². The molecule has 0 radical (unpaired) electrons. The minimum absolute atomic E-state index is 0.0194. The van der Waals surface area contributed by atoms with Crippen LogP contribution in [0.1, 0.15) is 37.7 Å². The van der Waals surface area contributed by atoms with Crippen LogP contribution in [0.25, 0.3) is 0 Å². The van der Waals surface area contributed by atoms with Gasteiger partial charge in [-0.1, -0.05) is 6.07 Å². The van der Waals surface area contributed by atoms with E-state index in [-0.39, 0.29) is 29.9 Å². The fourth-order valence-corrected chi connectivity index (χ4v) is 4.41. The number of hydrogen-bond donors (Lipinski definition) is 4. The summed E-state index contributed by atoms with van der Waals surface area (Å²) >= 11 is 5.39.